The van der Waals surface area contributed by atoms with Gasteiger partial charge in [0, 0.05) is 0 Å². The quantitative estimate of drug-likeness (QED) is 0.447. The molecule has 0 bridgehead atoms. The fraction of sp³-hybridized carbons (Fsp3) is 0.700. The Labute approximate surface area is 69.7 Å². The van der Waals surface area contributed by atoms with Crippen LogP contribution in [0, 0.1) is 16.7 Å². The Kier molecular flexibility index (Phi) is 4.61. The Hall–Kier alpha value is -0.770. The molecule has 0 rings (SSSR count). The minimum Gasteiger partial charge on any atom is -0.198 e. The Morgan fingerprint density at radius 2 is 2.09 bits per heavy atom. The zero-order valence-corrected chi connectivity index (χ0v) is 7.72. The average molecular weight is 151 g/mol. The molecule has 0 aromatic carbocycles. The van der Waals surface area contributed by atoms with Crippen LogP contribution in [0.2, 0.25) is 0 Å². The lowest BCUT2D eigenvalue weighted by Gasteiger charge is -2.13. The van der Waals surface area contributed by atoms with Gasteiger partial charge in [-0.1, -0.05) is 12.2 Å². The van der Waals surface area contributed by atoms with Crippen LogP contribution >= 0.6 is 0 Å². The van der Waals surface area contributed by atoms with Crippen molar-refractivity contribution >= 4 is 0 Å². The van der Waals surface area contributed by atoms with E-state index < -0.39 is 0 Å². The molecule has 1 nitrogen and oxygen atoms in total. The second-order valence-corrected chi connectivity index (χ2v) is 3.46. The largest absolute Gasteiger partial charge is 0.198 e. The summed E-state index contributed by atoms with van der Waals surface area (Å²) >= 11 is 0. The minimum absolute atomic E-state index is 0.137. The molecule has 0 aliphatic carbocycles. The fourth-order valence-electron chi connectivity index (χ4n) is 0.884. The van der Waals surface area contributed by atoms with Crippen molar-refractivity contribution in [3.8, 4) is 6.07 Å². The molecule has 11 heavy (non-hydrogen) atoms. The van der Waals surface area contributed by atoms with Gasteiger partial charge < -0.3 is 0 Å². The van der Waals surface area contributed by atoms with E-state index in [4.69, 9.17) is 5.26 Å². The second kappa shape index (κ2) is 4.96. The highest BCUT2D eigenvalue weighted by Crippen LogP contribution is 2.21. The number of hydrogen-bond donors (Lipinski definition) is 0. The standard InChI is InChI=1S/C10H17N/c1-4-5-6-7-8-10(2,3)9-11/h4-5H,6-8H2,1-3H3. The van der Waals surface area contributed by atoms with Crippen molar-refractivity contribution in [1.82, 2.24) is 0 Å². The SMILES string of the molecule is CC=CCCCC(C)(C)C#N. The Bertz CT molecular complexity index is 160. The molecule has 0 aliphatic heterocycles. The van der Waals surface area contributed by atoms with E-state index in [1.807, 2.05) is 20.8 Å². The molecule has 0 N–H and O–H groups in total. The molecule has 0 saturated heterocycles. The molecule has 0 aromatic rings. The predicted octanol–water partition coefficient (Wildman–Crippen LogP) is 3.28. The average Bonchev–Trinajstić information content (AvgIpc) is 1.99. The van der Waals surface area contributed by atoms with Gasteiger partial charge in [0.15, 0.2) is 0 Å². The van der Waals surface area contributed by atoms with E-state index in [0.29, 0.717) is 0 Å². The van der Waals surface area contributed by atoms with Gasteiger partial charge in [-0.15, -0.1) is 0 Å². The summed E-state index contributed by atoms with van der Waals surface area (Å²) < 4.78 is 0. The van der Waals surface area contributed by atoms with Gasteiger partial charge in [0.25, 0.3) is 0 Å². The summed E-state index contributed by atoms with van der Waals surface area (Å²) in [5.74, 6) is 0. The Balaban J connectivity index is 3.48. The predicted molar refractivity (Wildman–Crippen MR) is 48.1 cm³/mol. The lowest BCUT2D eigenvalue weighted by molar-refractivity contribution is 0.437. The third-order valence-electron chi connectivity index (χ3n) is 1.71. The van der Waals surface area contributed by atoms with Gasteiger partial charge in [0.05, 0.1) is 11.5 Å². The van der Waals surface area contributed by atoms with Crippen LogP contribution in [0.1, 0.15) is 40.0 Å². The highest BCUT2D eigenvalue weighted by Gasteiger charge is 2.14. The van der Waals surface area contributed by atoms with Crippen molar-refractivity contribution in [1.29, 1.82) is 5.26 Å². The lowest BCUT2D eigenvalue weighted by Crippen LogP contribution is -2.06. The smallest absolute Gasteiger partial charge is 0.0683 e. The number of hydrogen-bond acceptors (Lipinski definition) is 1. The molecule has 0 unspecified atom stereocenters. The van der Waals surface area contributed by atoms with E-state index in [-0.39, 0.29) is 5.41 Å². The molecular formula is C10H17N. The zero-order valence-electron chi connectivity index (χ0n) is 7.72. The third kappa shape index (κ3) is 5.66. The highest BCUT2D eigenvalue weighted by molar-refractivity contribution is 4.92. The van der Waals surface area contributed by atoms with Crippen molar-refractivity contribution in [2.45, 2.75) is 40.0 Å². The van der Waals surface area contributed by atoms with Crippen LogP contribution in [0.15, 0.2) is 12.2 Å². The van der Waals surface area contributed by atoms with Crippen LogP contribution in [0.5, 0.6) is 0 Å². The molecule has 0 radical (unpaired) electrons. The fourth-order valence-corrected chi connectivity index (χ4v) is 0.884. The maximum atomic E-state index is 8.68. The van der Waals surface area contributed by atoms with Crippen molar-refractivity contribution in [3.05, 3.63) is 12.2 Å². The van der Waals surface area contributed by atoms with E-state index in [2.05, 4.69) is 18.2 Å². The number of nitriles is 1. The van der Waals surface area contributed by atoms with Crippen LogP contribution < -0.4 is 0 Å². The van der Waals surface area contributed by atoms with E-state index in [1.165, 1.54) is 0 Å². The highest BCUT2D eigenvalue weighted by atomic mass is 14.3. The summed E-state index contributed by atoms with van der Waals surface area (Å²) in [5, 5.41) is 8.68. The van der Waals surface area contributed by atoms with Gasteiger partial charge in [-0.2, -0.15) is 5.26 Å². The van der Waals surface area contributed by atoms with Gasteiger partial charge in [-0.05, 0) is 40.0 Å². The van der Waals surface area contributed by atoms with Crippen molar-refractivity contribution in [2.24, 2.45) is 5.41 Å². The summed E-state index contributed by atoms with van der Waals surface area (Å²) in [6.45, 7) is 6.00. The molecule has 1 heteroatoms. The molecule has 0 spiro atoms. The van der Waals surface area contributed by atoms with Gasteiger partial charge in [0.1, 0.15) is 0 Å². The molecule has 0 amide bonds. The van der Waals surface area contributed by atoms with Crippen molar-refractivity contribution < 1.29 is 0 Å². The molecule has 0 aliphatic rings. The summed E-state index contributed by atoms with van der Waals surface area (Å²) in [7, 11) is 0. The topological polar surface area (TPSA) is 23.8 Å². The maximum absolute atomic E-state index is 8.68. The Morgan fingerprint density at radius 1 is 1.45 bits per heavy atom. The first-order valence-corrected chi connectivity index (χ1v) is 4.15. The van der Waals surface area contributed by atoms with Crippen LogP contribution in [-0.4, -0.2) is 0 Å². The summed E-state index contributed by atoms with van der Waals surface area (Å²) in [6, 6.07) is 2.29. The van der Waals surface area contributed by atoms with Crippen molar-refractivity contribution in [2.75, 3.05) is 0 Å². The van der Waals surface area contributed by atoms with E-state index in [9.17, 15) is 0 Å². The molecule has 0 atom stereocenters. The number of rotatable bonds is 4. The second-order valence-electron chi connectivity index (χ2n) is 3.46. The lowest BCUT2D eigenvalue weighted by atomic mass is 9.89. The summed E-state index contributed by atoms with van der Waals surface area (Å²) in [4.78, 5) is 0. The molecule has 0 heterocycles. The van der Waals surface area contributed by atoms with E-state index >= 15 is 0 Å². The molecular weight excluding hydrogens is 134 g/mol. The van der Waals surface area contributed by atoms with Gasteiger partial charge in [0.2, 0.25) is 0 Å². The van der Waals surface area contributed by atoms with Crippen LogP contribution in [0.4, 0.5) is 0 Å². The summed E-state index contributed by atoms with van der Waals surface area (Å²) in [6.07, 6.45) is 7.41. The first-order chi connectivity index (χ1) is 5.12. The molecule has 0 saturated carbocycles. The maximum Gasteiger partial charge on any atom is 0.0683 e. The first kappa shape index (κ1) is 10.2. The van der Waals surface area contributed by atoms with Gasteiger partial charge >= 0.3 is 0 Å². The van der Waals surface area contributed by atoms with Gasteiger partial charge in [-0.25, -0.2) is 0 Å². The molecule has 0 fully saturated rings. The van der Waals surface area contributed by atoms with Crippen LogP contribution in [-0.2, 0) is 0 Å². The number of nitrogens with zero attached hydrogens (tertiary/aromatic N) is 1. The van der Waals surface area contributed by atoms with E-state index in [0.717, 1.165) is 19.3 Å². The molecule has 62 valence electrons. The zero-order chi connectivity index (χ0) is 8.74. The first-order valence-electron chi connectivity index (χ1n) is 4.15. The Morgan fingerprint density at radius 3 is 2.55 bits per heavy atom. The van der Waals surface area contributed by atoms with Crippen molar-refractivity contribution in [3.63, 3.8) is 0 Å². The number of allylic oxidation sites excluding steroid dienone is 2. The minimum atomic E-state index is -0.137. The normalized spacial score (nSPS) is 11.8. The van der Waals surface area contributed by atoms with E-state index in [1.54, 1.807) is 0 Å². The summed E-state index contributed by atoms with van der Waals surface area (Å²) in [5.41, 5.74) is -0.137. The van der Waals surface area contributed by atoms with Gasteiger partial charge in [-0.3, -0.25) is 0 Å². The van der Waals surface area contributed by atoms with Crippen LogP contribution in [0.3, 0.4) is 0 Å². The molecule has 0 aromatic heterocycles. The van der Waals surface area contributed by atoms with Crippen LogP contribution in [0.25, 0.3) is 0 Å². The number of unbranched alkanes of at least 4 members (excludes halogenated alkanes) is 1. The third-order valence-corrected chi connectivity index (χ3v) is 1.71. The monoisotopic (exact) mass is 151 g/mol.